The van der Waals surface area contributed by atoms with Crippen molar-refractivity contribution in [3.8, 4) is 6.07 Å². The lowest BCUT2D eigenvalue weighted by Crippen LogP contribution is -2.37. The molecule has 1 saturated heterocycles. The van der Waals surface area contributed by atoms with Crippen LogP contribution in [-0.4, -0.2) is 30.8 Å². The van der Waals surface area contributed by atoms with E-state index >= 15 is 0 Å². The Balaban J connectivity index is 1.91. The van der Waals surface area contributed by atoms with Crippen LogP contribution in [0.2, 0.25) is 15.2 Å². The third-order valence-corrected chi connectivity index (χ3v) is 5.83. The van der Waals surface area contributed by atoms with E-state index < -0.39 is 0 Å². The van der Waals surface area contributed by atoms with Crippen molar-refractivity contribution in [1.82, 2.24) is 4.98 Å². The number of allylic oxidation sites excluding steroid dienone is 2. The summed E-state index contributed by atoms with van der Waals surface area (Å²) in [6.45, 7) is 2.28. The van der Waals surface area contributed by atoms with Gasteiger partial charge in [-0.3, -0.25) is 0 Å². The van der Waals surface area contributed by atoms with Gasteiger partial charge in [-0.15, -0.1) is 0 Å². The molecule has 2 atom stereocenters. The van der Waals surface area contributed by atoms with E-state index in [2.05, 4.69) is 22.0 Å². The molecule has 1 aliphatic heterocycles. The van der Waals surface area contributed by atoms with Gasteiger partial charge in [-0.05, 0) is 38.0 Å². The van der Waals surface area contributed by atoms with E-state index in [1.807, 2.05) is 6.07 Å². The van der Waals surface area contributed by atoms with Gasteiger partial charge in [0, 0.05) is 19.7 Å². The SMILES string of the molecule is N#Cc1c(Cl)c(Cl)nc(N(C[C@H]2CC=CCC2)C[C@H]2CCCO2)c1Cl. The molecule has 0 aromatic carbocycles. The number of nitrogens with zero attached hydrogens (tertiary/aromatic N) is 3. The fourth-order valence-electron chi connectivity index (χ4n) is 3.43. The second-order valence-electron chi connectivity index (χ2n) is 6.53. The molecule has 2 heterocycles. The van der Waals surface area contributed by atoms with Crippen molar-refractivity contribution in [1.29, 1.82) is 5.26 Å². The summed E-state index contributed by atoms with van der Waals surface area (Å²) in [5.74, 6) is 1.04. The van der Waals surface area contributed by atoms with Crippen LogP contribution < -0.4 is 4.90 Å². The predicted octanol–water partition coefficient (Wildman–Crippen LogP) is 5.26. The summed E-state index contributed by atoms with van der Waals surface area (Å²) in [4.78, 5) is 6.51. The average Bonchev–Trinajstić information content (AvgIpc) is 3.12. The van der Waals surface area contributed by atoms with Crippen molar-refractivity contribution < 1.29 is 4.74 Å². The Bertz CT molecular complexity index is 696. The van der Waals surface area contributed by atoms with Crippen LogP contribution in [0.5, 0.6) is 0 Å². The van der Waals surface area contributed by atoms with Gasteiger partial charge in [0.2, 0.25) is 0 Å². The summed E-state index contributed by atoms with van der Waals surface area (Å²) in [6.07, 6.45) is 9.93. The number of hydrogen-bond donors (Lipinski definition) is 0. The largest absolute Gasteiger partial charge is 0.376 e. The fraction of sp³-hybridized carbons (Fsp3) is 0.556. The molecule has 0 saturated carbocycles. The van der Waals surface area contributed by atoms with Crippen LogP contribution in [0.4, 0.5) is 5.82 Å². The molecule has 0 spiro atoms. The number of nitriles is 1. The molecule has 4 nitrogen and oxygen atoms in total. The standard InChI is InChI=1S/C18H20Cl3N3O/c19-15-14(9-22)16(20)18(23-17(15)21)24(11-13-7-4-8-25-13)10-12-5-2-1-3-6-12/h1-2,12-13H,3-8,10-11H2/t12-,13+/m0/s1. The number of anilines is 1. The van der Waals surface area contributed by atoms with Gasteiger partial charge in [0.1, 0.15) is 11.1 Å². The molecule has 25 heavy (non-hydrogen) atoms. The van der Waals surface area contributed by atoms with Gasteiger partial charge in [0.05, 0.1) is 16.7 Å². The number of ether oxygens (including phenoxy) is 1. The maximum Gasteiger partial charge on any atom is 0.151 e. The van der Waals surface area contributed by atoms with Crippen molar-refractivity contribution in [3.63, 3.8) is 0 Å². The van der Waals surface area contributed by atoms with E-state index in [0.29, 0.717) is 18.3 Å². The van der Waals surface area contributed by atoms with E-state index in [4.69, 9.17) is 39.5 Å². The molecule has 0 unspecified atom stereocenters. The van der Waals surface area contributed by atoms with Crippen LogP contribution in [0.25, 0.3) is 0 Å². The second-order valence-corrected chi connectivity index (χ2v) is 7.65. The highest BCUT2D eigenvalue weighted by Gasteiger charge is 2.27. The molecule has 3 rings (SSSR count). The minimum Gasteiger partial charge on any atom is -0.376 e. The van der Waals surface area contributed by atoms with Crippen LogP contribution >= 0.6 is 34.8 Å². The Morgan fingerprint density at radius 3 is 2.68 bits per heavy atom. The van der Waals surface area contributed by atoms with E-state index in [9.17, 15) is 5.26 Å². The molecule has 0 amide bonds. The Labute approximate surface area is 163 Å². The first-order valence-corrected chi connectivity index (χ1v) is 9.69. The molecule has 1 aliphatic carbocycles. The van der Waals surface area contributed by atoms with Crippen LogP contribution in [0.15, 0.2) is 12.2 Å². The van der Waals surface area contributed by atoms with Gasteiger partial charge in [0.25, 0.3) is 0 Å². The number of pyridine rings is 1. The molecule has 1 aromatic heterocycles. The van der Waals surface area contributed by atoms with Gasteiger partial charge in [-0.2, -0.15) is 5.26 Å². The smallest absolute Gasteiger partial charge is 0.151 e. The van der Waals surface area contributed by atoms with Gasteiger partial charge in [-0.25, -0.2) is 4.98 Å². The lowest BCUT2D eigenvalue weighted by Gasteiger charge is -2.32. The zero-order valence-corrected chi connectivity index (χ0v) is 16.1. The highest BCUT2D eigenvalue weighted by molar-refractivity contribution is 6.44. The zero-order chi connectivity index (χ0) is 17.8. The lowest BCUT2D eigenvalue weighted by molar-refractivity contribution is 0.114. The van der Waals surface area contributed by atoms with Crippen molar-refractivity contribution in [2.45, 2.75) is 38.2 Å². The summed E-state index contributed by atoms with van der Waals surface area (Å²) in [5, 5.41) is 9.86. The lowest BCUT2D eigenvalue weighted by atomic mass is 9.93. The van der Waals surface area contributed by atoms with Crippen LogP contribution in [0.1, 0.15) is 37.7 Å². The maximum absolute atomic E-state index is 9.38. The van der Waals surface area contributed by atoms with E-state index in [1.165, 1.54) is 0 Å². The molecule has 134 valence electrons. The third-order valence-electron chi connectivity index (χ3n) is 4.74. The Kier molecular flexibility index (Phi) is 6.46. The third kappa shape index (κ3) is 4.41. The summed E-state index contributed by atoms with van der Waals surface area (Å²) < 4.78 is 5.79. The topological polar surface area (TPSA) is 49.2 Å². The van der Waals surface area contributed by atoms with Crippen molar-refractivity contribution >= 4 is 40.6 Å². The van der Waals surface area contributed by atoms with Gasteiger partial charge >= 0.3 is 0 Å². The molecular weight excluding hydrogens is 381 g/mol. The van der Waals surface area contributed by atoms with Crippen LogP contribution in [-0.2, 0) is 4.74 Å². The van der Waals surface area contributed by atoms with Crippen LogP contribution in [0.3, 0.4) is 0 Å². The predicted molar refractivity (Wildman–Crippen MR) is 102 cm³/mol. The first-order valence-electron chi connectivity index (χ1n) is 8.56. The second kappa shape index (κ2) is 8.60. The molecule has 1 fully saturated rings. The normalized spacial score (nSPS) is 22.8. The average molecular weight is 401 g/mol. The minimum atomic E-state index is 0.107. The van der Waals surface area contributed by atoms with E-state index in [0.717, 1.165) is 45.3 Å². The highest BCUT2D eigenvalue weighted by Crippen LogP contribution is 2.37. The van der Waals surface area contributed by atoms with Crippen molar-refractivity contribution in [3.05, 3.63) is 32.9 Å². The molecule has 7 heteroatoms. The molecule has 2 aliphatic rings. The van der Waals surface area contributed by atoms with Gasteiger partial charge in [-0.1, -0.05) is 47.0 Å². The number of halogens is 3. The molecule has 0 bridgehead atoms. The van der Waals surface area contributed by atoms with Gasteiger partial charge < -0.3 is 9.64 Å². The number of hydrogen-bond acceptors (Lipinski definition) is 4. The monoisotopic (exact) mass is 399 g/mol. The zero-order valence-electron chi connectivity index (χ0n) is 13.9. The maximum atomic E-state index is 9.38. The first-order chi connectivity index (χ1) is 12.1. The molecule has 0 N–H and O–H groups in total. The van der Waals surface area contributed by atoms with Crippen LogP contribution in [0, 0.1) is 17.2 Å². The summed E-state index contributed by atoms with van der Waals surface area (Å²) in [6, 6.07) is 2.04. The Morgan fingerprint density at radius 2 is 2.04 bits per heavy atom. The van der Waals surface area contributed by atoms with Gasteiger partial charge in [0.15, 0.2) is 11.0 Å². The molecule has 1 aromatic rings. The first kappa shape index (κ1) is 18.8. The van der Waals surface area contributed by atoms with Crippen molar-refractivity contribution in [2.24, 2.45) is 5.92 Å². The van der Waals surface area contributed by atoms with E-state index in [-0.39, 0.29) is 26.9 Å². The Hall–Kier alpha value is -0.990. The summed E-state index contributed by atoms with van der Waals surface area (Å²) in [7, 11) is 0. The molecular formula is C18H20Cl3N3O. The number of aromatic nitrogens is 1. The summed E-state index contributed by atoms with van der Waals surface area (Å²) in [5.41, 5.74) is 0.180. The van der Waals surface area contributed by atoms with E-state index in [1.54, 1.807) is 0 Å². The highest BCUT2D eigenvalue weighted by atomic mass is 35.5. The number of rotatable bonds is 5. The minimum absolute atomic E-state index is 0.107. The summed E-state index contributed by atoms with van der Waals surface area (Å²) >= 11 is 18.7. The quantitative estimate of drug-likeness (QED) is 0.500. The molecule has 0 radical (unpaired) electrons. The fourth-order valence-corrected chi connectivity index (χ4v) is 4.13. The van der Waals surface area contributed by atoms with Crippen molar-refractivity contribution in [2.75, 3.05) is 24.6 Å². The Morgan fingerprint density at radius 1 is 1.20 bits per heavy atom.